The first-order chi connectivity index (χ1) is 11.6. The maximum atomic E-state index is 12.5. The van der Waals surface area contributed by atoms with Crippen molar-refractivity contribution in [2.45, 2.75) is 0 Å². The van der Waals surface area contributed by atoms with Crippen molar-refractivity contribution in [1.82, 2.24) is 14.9 Å². The summed E-state index contributed by atoms with van der Waals surface area (Å²) < 4.78 is 5.73. The third-order valence-electron chi connectivity index (χ3n) is 4.10. The molecule has 1 saturated heterocycles. The van der Waals surface area contributed by atoms with Crippen LogP contribution < -0.4 is 10.5 Å². The van der Waals surface area contributed by atoms with Crippen molar-refractivity contribution in [3.8, 4) is 5.75 Å². The number of hydrogen-bond acceptors (Lipinski definition) is 5. The summed E-state index contributed by atoms with van der Waals surface area (Å²) in [6, 6.07) is 10.9. The lowest BCUT2D eigenvalue weighted by atomic mass is 9.96. The van der Waals surface area contributed by atoms with Gasteiger partial charge < -0.3 is 15.4 Å². The zero-order valence-corrected chi connectivity index (χ0v) is 13.0. The SMILES string of the molecule is NC(=O)[C@@H]1CN(C(=O)c2ccncn2)C[C@H]1COc1ccccc1. The number of benzene rings is 1. The highest BCUT2D eigenvalue weighted by atomic mass is 16.5. The molecule has 0 radical (unpaired) electrons. The van der Waals surface area contributed by atoms with Crippen molar-refractivity contribution in [3.05, 3.63) is 54.6 Å². The minimum atomic E-state index is -0.431. The van der Waals surface area contributed by atoms with Crippen molar-refractivity contribution in [1.29, 1.82) is 0 Å². The van der Waals surface area contributed by atoms with Crippen LogP contribution in [0.5, 0.6) is 5.75 Å². The van der Waals surface area contributed by atoms with Gasteiger partial charge in [-0.05, 0) is 18.2 Å². The monoisotopic (exact) mass is 326 g/mol. The lowest BCUT2D eigenvalue weighted by Gasteiger charge is -2.16. The Hall–Kier alpha value is -2.96. The smallest absolute Gasteiger partial charge is 0.272 e. The van der Waals surface area contributed by atoms with E-state index in [0.29, 0.717) is 18.8 Å². The quantitative estimate of drug-likeness (QED) is 0.873. The van der Waals surface area contributed by atoms with Gasteiger partial charge in [0.25, 0.3) is 5.91 Å². The van der Waals surface area contributed by atoms with Crippen LogP contribution in [0.2, 0.25) is 0 Å². The number of nitrogens with two attached hydrogens (primary N) is 1. The predicted octanol–water partition coefficient (Wildman–Crippen LogP) is 0.729. The minimum Gasteiger partial charge on any atom is -0.493 e. The third-order valence-corrected chi connectivity index (χ3v) is 4.10. The zero-order valence-electron chi connectivity index (χ0n) is 13.0. The van der Waals surface area contributed by atoms with Crippen LogP contribution in [0.25, 0.3) is 0 Å². The van der Waals surface area contributed by atoms with Gasteiger partial charge in [0.15, 0.2) is 0 Å². The van der Waals surface area contributed by atoms with Crippen LogP contribution in [0.15, 0.2) is 48.9 Å². The number of amides is 2. The molecule has 2 amide bonds. The van der Waals surface area contributed by atoms with Gasteiger partial charge in [-0.1, -0.05) is 18.2 Å². The van der Waals surface area contributed by atoms with E-state index in [9.17, 15) is 9.59 Å². The van der Waals surface area contributed by atoms with Crippen molar-refractivity contribution < 1.29 is 14.3 Å². The lowest BCUT2D eigenvalue weighted by molar-refractivity contribution is -0.122. The fourth-order valence-electron chi connectivity index (χ4n) is 2.83. The molecule has 2 atom stereocenters. The van der Waals surface area contributed by atoms with E-state index in [1.54, 1.807) is 11.0 Å². The number of likely N-dealkylation sites (tertiary alicyclic amines) is 1. The number of carbonyl (C=O) groups excluding carboxylic acids is 2. The average Bonchev–Trinajstić information content (AvgIpc) is 3.05. The second kappa shape index (κ2) is 7.08. The Morgan fingerprint density at radius 2 is 2.00 bits per heavy atom. The van der Waals surface area contributed by atoms with E-state index in [-0.39, 0.29) is 18.4 Å². The first kappa shape index (κ1) is 15.9. The molecule has 1 aliphatic heterocycles. The van der Waals surface area contributed by atoms with Crippen LogP contribution in [0.1, 0.15) is 10.5 Å². The number of para-hydroxylation sites is 1. The molecule has 0 saturated carbocycles. The summed E-state index contributed by atoms with van der Waals surface area (Å²) in [7, 11) is 0. The van der Waals surface area contributed by atoms with Gasteiger partial charge >= 0.3 is 0 Å². The van der Waals surface area contributed by atoms with Gasteiger partial charge in [-0.15, -0.1) is 0 Å². The molecule has 24 heavy (non-hydrogen) atoms. The number of carbonyl (C=O) groups is 2. The number of nitrogens with zero attached hydrogens (tertiary/aromatic N) is 3. The maximum Gasteiger partial charge on any atom is 0.272 e. The van der Waals surface area contributed by atoms with Crippen molar-refractivity contribution in [3.63, 3.8) is 0 Å². The van der Waals surface area contributed by atoms with Crippen LogP contribution in [0, 0.1) is 11.8 Å². The van der Waals surface area contributed by atoms with Crippen molar-refractivity contribution in [2.75, 3.05) is 19.7 Å². The fourth-order valence-corrected chi connectivity index (χ4v) is 2.83. The fraction of sp³-hybridized carbons (Fsp3) is 0.294. The largest absolute Gasteiger partial charge is 0.493 e. The molecule has 0 unspecified atom stereocenters. The molecular weight excluding hydrogens is 308 g/mol. The van der Waals surface area contributed by atoms with Gasteiger partial charge in [0, 0.05) is 25.2 Å². The molecule has 2 N–H and O–H groups in total. The third kappa shape index (κ3) is 3.51. The number of rotatable bonds is 5. The van der Waals surface area contributed by atoms with Gasteiger partial charge in [-0.2, -0.15) is 0 Å². The van der Waals surface area contributed by atoms with Gasteiger partial charge in [-0.3, -0.25) is 9.59 Å². The Labute approximate surface area is 139 Å². The van der Waals surface area contributed by atoms with Crippen LogP contribution >= 0.6 is 0 Å². The Morgan fingerprint density at radius 3 is 2.67 bits per heavy atom. The zero-order chi connectivity index (χ0) is 16.9. The van der Waals surface area contributed by atoms with Crippen LogP contribution in [-0.2, 0) is 4.79 Å². The highest BCUT2D eigenvalue weighted by Gasteiger charge is 2.39. The summed E-state index contributed by atoms with van der Waals surface area (Å²) in [6.07, 6.45) is 2.84. The molecule has 1 aromatic heterocycles. The molecule has 124 valence electrons. The molecule has 2 aromatic rings. The Bertz CT molecular complexity index is 708. The number of aromatic nitrogens is 2. The molecule has 1 aliphatic rings. The van der Waals surface area contributed by atoms with Gasteiger partial charge in [0.2, 0.25) is 5.91 Å². The molecule has 0 spiro atoms. The average molecular weight is 326 g/mol. The van der Waals surface area contributed by atoms with Crippen LogP contribution in [0.4, 0.5) is 0 Å². The van der Waals surface area contributed by atoms with E-state index in [4.69, 9.17) is 10.5 Å². The topological polar surface area (TPSA) is 98.4 Å². The number of ether oxygens (including phenoxy) is 1. The van der Waals surface area contributed by atoms with Gasteiger partial charge in [-0.25, -0.2) is 9.97 Å². The molecule has 3 rings (SSSR count). The molecular formula is C17H18N4O3. The Morgan fingerprint density at radius 1 is 1.21 bits per heavy atom. The normalized spacial score (nSPS) is 19.9. The molecule has 1 aromatic carbocycles. The number of hydrogen-bond donors (Lipinski definition) is 1. The highest BCUT2D eigenvalue weighted by molar-refractivity contribution is 5.93. The first-order valence-corrected chi connectivity index (χ1v) is 7.67. The molecule has 0 bridgehead atoms. The minimum absolute atomic E-state index is 0.145. The van der Waals surface area contributed by atoms with E-state index in [1.807, 2.05) is 30.3 Å². The van der Waals surface area contributed by atoms with E-state index in [2.05, 4.69) is 9.97 Å². The van der Waals surface area contributed by atoms with E-state index in [0.717, 1.165) is 5.75 Å². The standard InChI is InChI=1S/C17H18N4O3/c18-16(22)14-9-21(17(23)15-6-7-19-11-20-15)8-12(14)10-24-13-4-2-1-3-5-13/h1-7,11-12,14H,8-10H2,(H2,18,22)/t12-,14+/m0/s1. The van der Waals surface area contributed by atoms with Crippen molar-refractivity contribution in [2.24, 2.45) is 17.6 Å². The Kier molecular flexibility index (Phi) is 4.69. The molecule has 7 nitrogen and oxygen atoms in total. The van der Waals surface area contributed by atoms with E-state index < -0.39 is 11.8 Å². The van der Waals surface area contributed by atoms with Crippen LogP contribution in [-0.4, -0.2) is 46.4 Å². The second-order valence-corrected chi connectivity index (χ2v) is 5.70. The summed E-state index contributed by atoms with van der Waals surface area (Å²) in [5.74, 6) is -0.505. The van der Waals surface area contributed by atoms with Gasteiger partial charge in [0.05, 0.1) is 12.5 Å². The molecule has 1 fully saturated rings. The van der Waals surface area contributed by atoms with Crippen LogP contribution in [0.3, 0.4) is 0 Å². The second-order valence-electron chi connectivity index (χ2n) is 5.70. The Balaban J connectivity index is 1.68. The summed E-state index contributed by atoms with van der Waals surface area (Å²) in [4.78, 5) is 33.6. The highest BCUT2D eigenvalue weighted by Crippen LogP contribution is 2.25. The lowest BCUT2D eigenvalue weighted by Crippen LogP contribution is -2.33. The van der Waals surface area contributed by atoms with Crippen molar-refractivity contribution >= 4 is 11.8 Å². The molecule has 7 heteroatoms. The summed E-state index contributed by atoms with van der Waals surface area (Å²) >= 11 is 0. The first-order valence-electron chi connectivity index (χ1n) is 7.67. The summed E-state index contributed by atoms with van der Waals surface area (Å²) in [5, 5.41) is 0. The number of primary amides is 1. The summed E-state index contributed by atoms with van der Waals surface area (Å²) in [5.41, 5.74) is 5.80. The maximum absolute atomic E-state index is 12.5. The van der Waals surface area contributed by atoms with E-state index >= 15 is 0 Å². The molecule has 0 aliphatic carbocycles. The molecule has 2 heterocycles. The summed E-state index contributed by atoms with van der Waals surface area (Å²) in [6.45, 7) is 1.01. The predicted molar refractivity (Wildman–Crippen MR) is 86.0 cm³/mol. The van der Waals surface area contributed by atoms with Gasteiger partial charge in [0.1, 0.15) is 17.8 Å². The van der Waals surface area contributed by atoms with E-state index in [1.165, 1.54) is 12.5 Å².